The van der Waals surface area contributed by atoms with Gasteiger partial charge in [-0.15, -0.1) is 0 Å². The molecule has 0 bridgehead atoms. The Labute approximate surface area is 148 Å². The molecule has 0 saturated carbocycles. The largest absolute Gasteiger partial charge is 0.504 e. The maximum Gasteiger partial charge on any atom is 0.227 e. The predicted octanol–water partition coefficient (Wildman–Crippen LogP) is 2.68. The standard InChI is InChI=1S/C20H24N2O3/c1-13-5-3-4-6-17(13)15-9-16-12-22(20(24)14(2)11-21)7-8-25-19(16)18(23)10-15/h3-6,9-10,14,23H,7-8,11-12,21H2,1-2H3. The maximum atomic E-state index is 12.5. The molecule has 2 aromatic rings. The molecule has 5 nitrogen and oxygen atoms in total. The number of hydrogen-bond donors (Lipinski definition) is 2. The molecule has 25 heavy (non-hydrogen) atoms. The zero-order valence-electron chi connectivity index (χ0n) is 14.7. The lowest BCUT2D eigenvalue weighted by Gasteiger charge is -2.23. The van der Waals surface area contributed by atoms with Crippen molar-refractivity contribution >= 4 is 5.91 Å². The van der Waals surface area contributed by atoms with Crippen molar-refractivity contribution in [2.45, 2.75) is 20.4 Å². The Hall–Kier alpha value is -2.53. The van der Waals surface area contributed by atoms with Crippen molar-refractivity contribution in [2.24, 2.45) is 11.7 Å². The molecule has 0 aromatic heterocycles. The molecule has 1 aliphatic rings. The van der Waals surface area contributed by atoms with E-state index in [2.05, 4.69) is 0 Å². The third kappa shape index (κ3) is 3.46. The van der Waals surface area contributed by atoms with Crippen molar-refractivity contribution in [1.82, 2.24) is 4.90 Å². The van der Waals surface area contributed by atoms with E-state index >= 15 is 0 Å². The van der Waals surface area contributed by atoms with Gasteiger partial charge < -0.3 is 20.5 Å². The van der Waals surface area contributed by atoms with Crippen LogP contribution in [0.4, 0.5) is 0 Å². The first-order valence-electron chi connectivity index (χ1n) is 8.54. The van der Waals surface area contributed by atoms with Gasteiger partial charge in [0.25, 0.3) is 0 Å². The molecular weight excluding hydrogens is 316 g/mol. The molecule has 0 saturated heterocycles. The summed E-state index contributed by atoms with van der Waals surface area (Å²) in [5, 5.41) is 10.4. The van der Waals surface area contributed by atoms with Gasteiger partial charge in [0.2, 0.25) is 5.91 Å². The fourth-order valence-electron chi connectivity index (χ4n) is 3.15. The van der Waals surface area contributed by atoms with Gasteiger partial charge in [-0.1, -0.05) is 31.2 Å². The van der Waals surface area contributed by atoms with Gasteiger partial charge in [-0.3, -0.25) is 4.79 Å². The molecule has 0 fully saturated rings. The number of ether oxygens (including phenoxy) is 1. The van der Waals surface area contributed by atoms with Crippen molar-refractivity contribution in [3.8, 4) is 22.6 Å². The Morgan fingerprint density at radius 3 is 2.84 bits per heavy atom. The molecule has 5 heteroatoms. The monoisotopic (exact) mass is 340 g/mol. The van der Waals surface area contributed by atoms with Crippen LogP contribution in [0, 0.1) is 12.8 Å². The summed E-state index contributed by atoms with van der Waals surface area (Å²) in [7, 11) is 0. The molecule has 1 heterocycles. The van der Waals surface area contributed by atoms with Crippen LogP contribution < -0.4 is 10.5 Å². The van der Waals surface area contributed by atoms with Crippen LogP contribution in [-0.4, -0.2) is 35.6 Å². The van der Waals surface area contributed by atoms with Gasteiger partial charge in [0.1, 0.15) is 6.61 Å². The Bertz CT molecular complexity index is 789. The Morgan fingerprint density at radius 1 is 1.36 bits per heavy atom. The van der Waals surface area contributed by atoms with E-state index in [1.807, 2.05) is 44.2 Å². The van der Waals surface area contributed by atoms with E-state index in [-0.39, 0.29) is 17.6 Å². The Balaban J connectivity index is 1.99. The number of carbonyl (C=O) groups is 1. The van der Waals surface area contributed by atoms with Crippen LogP contribution in [0.2, 0.25) is 0 Å². The summed E-state index contributed by atoms with van der Waals surface area (Å²) in [4.78, 5) is 14.3. The van der Waals surface area contributed by atoms with E-state index < -0.39 is 0 Å². The van der Waals surface area contributed by atoms with Crippen LogP contribution in [-0.2, 0) is 11.3 Å². The Kier molecular flexibility index (Phi) is 4.95. The highest BCUT2D eigenvalue weighted by Gasteiger charge is 2.25. The lowest BCUT2D eigenvalue weighted by molar-refractivity contribution is -0.135. The first-order valence-corrected chi connectivity index (χ1v) is 8.54. The van der Waals surface area contributed by atoms with Crippen LogP contribution in [0.25, 0.3) is 11.1 Å². The SMILES string of the molecule is Cc1ccccc1-c1cc(O)c2c(c1)CN(C(=O)C(C)CN)CCO2. The van der Waals surface area contributed by atoms with Crippen molar-refractivity contribution in [3.05, 3.63) is 47.5 Å². The van der Waals surface area contributed by atoms with Crippen molar-refractivity contribution < 1.29 is 14.6 Å². The van der Waals surface area contributed by atoms with Crippen molar-refractivity contribution in [1.29, 1.82) is 0 Å². The van der Waals surface area contributed by atoms with Gasteiger partial charge in [0.05, 0.1) is 6.54 Å². The third-order valence-electron chi connectivity index (χ3n) is 4.66. The lowest BCUT2D eigenvalue weighted by Crippen LogP contribution is -2.38. The summed E-state index contributed by atoms with van der Waals surface area (Å²) in [6.45, 7) is 5.43. The molecule has 132 valence electrons. The highest BCUT2D eigenvalue weighted by molar-refractivity contribution is 5.79. The first kappa shape index (κ1) is 17.3. The number of rotatable bonds is 3. The van der Waals surface area contributed by atoms with E-state index in [1.54, 1.807) is 11.0 Å². The molecule has 1 amide bonds. The molecular formula is C20H24N2O3. The second-order valence-electron chi connectivity index (χ2n) is 6.54. The molecule has 1 atom stereocenters. The quantitative estimate of drug-likeness (QED) is 0.901. The molecule has 0 radical (unpaired) electrons. The van der Waals surface area contributed by atoms with E-state index in [0.717, 1.165) is 22.3 Å². The molecule has 1 aliphatic heterocycles. The second kappa shape index (κ2) is 7.15. The van der Waals surface area contributed by atoms with Crippen LogP contribution in [0.1, 0.15) is 18.1 Å². The molecule has 1 unspecified atom stereocenters. The topological polar surface area (TPSA) is 75.8 Å². The summed E-state index contributed by atoms with van der Waals surface area (Å²) in [6, 6.07) is 11.7. The Morgan fingerprint density at radius 2 is 2.12 bits per heavy atom. The number of carbonyl (C=O) groups excluding carboxylic acids is 1. The van der Waals surface area contributed by atoms with E-state index in [1.165, 1.54) is 0 Å². The number of phenols is 1. The minimum atomic E-state index is -0.227. The number of benzene rings is 2. The smallest absolute Gasteiger partial charge is 0.227 e. The molecule has 0 spiro atoms. The van der Waals surface area contributed by atoms with E-state index in [0.29, 0.717) is 32.0 Å². The third-order valence-corrected chi connectivity index (χ3v) is 4.66. The summed E-state index contributed by atoms with van der Waals surface area (Å²) < 4.78 is 5.72. The normalized spacial score (nSPS) is 15.1. The number of aryl methyl sites for hydroxylation is 1. The van der Waals surface area contributed by atoms with Gasteiger partial charge in [0.15, 0.2) is 11.5 Å². The molecule has 3 N–H and O–H groups in total. The number of fused-ring (bicyclic) bond motifs is 1. The molecule has 0 aliphatic carbocycles. The zero-order valence-corrected chi connectivity index (χ0v) is 14.7. The summed E-state index contributed by atoms with van der Waals surface area (Å²) in [5.41, 5.74) is 9.54. The fraction of sp³-hybridized carbons (Fsp3) is 0.350. The van der Waals surface area contributed by atoms with Gasteiger partial charge in [-0.05, 0) is 35.7 Å². The van der Waals surface area contributed by atoms with Crippen LogP contribution in [0.5, 0.6) is 11.5 Å². The zero-order chi connectivity index (χ0) is 18.0. The lowest BCUT2D eigenvalue weighted by atomic mass is 9.97. The average Bonchev–Trinajstić information content (AvgIpc) is 2.83. The van der Waals surface area contributed by atoms with Crippen LogP contribution in [0.15, 0.2) is 36.4 Å². The van der Waals surface area contributed by atoms with Gasteiger partial charge in [-0.2, -0.15) is 0 Å². The molecule has 3 rings (SSSR count). The maximum absolute atomic E-state index is 12.5. The highest BCUT2D eigenvalue weighted by Crippen LogP contribution is 2.38. The fourth-order valence-corrected chi connectivity index (χ4v) is 3.15. The van der Waals surface area contributed by atoms with E-state index in [4.69, 9.17) is 10.5 Å². The summed E-state index contributed by atoms with van der Waals surface area (Å²) in [5.74, 6) is 0.361. The van der Waals surface area contributed by atoms with E-state index in [9.17, 15) is 9.90 Å². The number of amides is 1. The van der Waals surface area contributed by atoms with Crippen LogP contribution >= 0.6 is 0 Å². The number of nitrogens with two attached hydrogens (primary N) is 1. The van der Waals surface area contributed by atoms with Gasteiger partial charge >= 0.3 is 0 Å². The van der Waals surface area contributed by atoms with Gasteiger partial charge in [-0.25, -0.2) is 0 Å². The minimum Gasteiger partial charge on any atom is -0.504 e. The van der Waals surface area contributed by atoms with Crippen molar-refractivity contribution in [3.63, 3.8) is 0 Å². The first-order chi connectivity index (χ1) is 12.0. The minimum absolute atomic E-state index is 0.0136. The number of nitrogens with zero attached hydrogens (tertiary/aromatic N) is 1. The van der Waals surface area contributed by atoms with Crippen LogP contribution in [0.3, 0.4) is 0 Å². The summed E-state index contributed by atoms with van der Waals surface area (Å²) in [6.07, 6.45) is 0. The van der Waals surface area contributed by atoms with Crippen molar-refractivity contribution in [2.75, 3.05) is 19.7 Å². The average molecular weight is 340 g/mol. The summed E-state index contributed by atoms with van der Waals surface area (Å²) >= 11 is 0. The highest BCUT2D eigenvalue weighted by atomic mass is 16.5. The second-order valence-corrected chi connectivity index (χ2v) is 6.54. The predicted molar refractivity (Wildman–Crippen MR) is 97.4 cm³/mol. The van der Waals surface area contributed by atoms with Gasteiger partial charge in [0, 0.05) is 24.6 Å². The number of hydrogen-bond acceptors (Lipinski definition) is 4. The number of aromatic hydroxyl groups is 1. The molecule has 2 aromatic carbocycles. The number of phenolic OH excluding ortho intramolecular Hbond substituents is 1.